The molecule has 0 unspecified atom stereocenters. The van der Waals surface area contributed by atoms with Crippen molar-refractivity contribution < 1.29 is 19.0 Å². The Labute approximate surface area is 171 Å². The molecule has 0 aliphatic carbocycles. The zero-order chi connectivity index (χ0) is 20.6. The van der Waals surface area contributed by atoms with Gasteiger partial charge in [-0.1, -0.05) is 12.1 Å². The van der Waals surface area contributed by atoms with Crippen LogP contribution >= 0.6 is 0 Å². The molecule has 0 N–H and O–H groups in total. The van der Waals surface area contributed by atoms with Crippen molar-refractivity contribution in [3.8, 4) is 11.5 Å². The molecule has 2 aromatic rings. The van der Waals surface area contributed by atoms with Gasteiger partial charge in [-0.3, -0.25) is 5.01 Å². The highest BCUT2D eigenvalue weighted by Gasteiger charge is 2.11. The third kappa shape index (κ3) is 5.71. The predicted octanol–water partition coefficient (Wildman–Crippen LogP) is 2.64. The second-order valence-corrected chi connectivity index (χ2v) is 6.89. The number of rotatable bonds is 7. The van der Waals surface area contributed by atoms with Gasteiger partial charge in [-0.15, -0.1) is 0 Å². The second-order valence-electron chi connectivity index (χ2n) is 6.89. The number of carbonyl (C=O) groups is 1. The lowest BCUT2D eigenvalue weighted by Gasteiger charge is -2.30. The third-order valence-electron chi connectivity index (χ3n) is 4.81. The molecule has 1 fully saturated rings. The number of hydrogen-bond donors (Lipinski definition) is 0. The van der Waals surface area contributed by atoms with Gasteiger partial charge in [0.1, 0.15) is 6.61 Å². The van der Waals surface area contributed by atoms with Gasteiger partial charge in [-0.2, -0.15) is 5.10 Å². The van der Waals surface area contributed by atoms with Gasteiger partial charge in [0.2, 0.25) is 0 Å². The van der Waals surface area contributed by atoms with Crippen LogP contribution in [0.4, 0.5) is 0 Å². The van der Waals surface area contributed by atoms with E-state index in [1.807, 2.05) is 36.5 Å². The third-order valence-corrected chi connectivity index (χ3v) is 4.81. The zero-order valence-corrected chi connectivity index (χ0v) is 17.1. The van der Waals surface area contributed by atoms with Crippen LogP contribution in [-0.2, 0) is 11.3 Å². The zero-order valence-electron chi connectivity index (χ0n) is 17.1. The van der Waals surface area contributed by atoms with Crippen LogP contribution in [0.25, 0.3) is 0 Å². The van der Waals surface area contributed by atoms with Crippen molar-refractivity contribution in [3.05, 3.63) is 59.2 Å². The van der Waals surface area contributed by atoms with Crippen LogP contribution in [0, 0.1) is 0 Å². The summed E-state index contributed by atoms with van der Waals surface area (Å²) in [5.41, 5.74) is 2.41. The summed E-state index contributed by atoms with van der Waals surface area (Å²) in [6.07, 6.45) is 1.85. The van der Waals surface area contributed by atoms with Crippen LogP contribution in [-0.4, -0.2) is 69.5 Å². The molecule has 154 valence electrons. The molecule has 1 aliphatic rings. The van der Waals surface area contributed by atoms with Gasteiger partial charge in [0.25, 0.3) is 0 Å². The summed E-state index contributed by atoms with van der Waals surface area (Å²) in [7, 11) is 5.11. The molecule has 29 heavy (non-hydrogen) atoms. The molecule has 0 radical (unpaired) electrons. The molecule has 3 rings (SSSR count). The summed E-state index contributed by atoms with van der Waals surface area (Å²) >= 11 is 0. The SMILES string of the molecule is COC(=O)c1ccc(COc2ccc(/C=N\N3CCN(C)CC3)cc2OC)cc1. The molecule has 0 spiro atoms. The van der Waals surface area contributed by atoms with E-state index in [9.17, 15) is 4.79 Å². The van der Waals surface area contributed by atoms with Gasteiger partial charge in [-0.05, 0) is 48.5 Å². The highest BCUT2D eigenvalue weighted by molar-refractivity contribution is 5.89. The van der Waals surface area contributed by atoms with E-state index in [4.69, 9.17) is 14.2 Å². The van der Waals surface area contributed by atoms with Gasteiger partial charge < -0.3 is 19.1 Å². The first kappa shape index (κ1) is 20.7. The molecule has 1 saturated heterocycles. The molecule has 7 nitrogen and oxygen atoms in total. The maximum Gasteiger partial charge on any atom is 0.337 e. The minimum absolute atomic E-state index is 0.354. The largest absolute Gasteiger partial charge is 0.493 e. The van der Waals surface area contributed by atoms with E-state index in [1.54, 1.807) is 19.2 Å². The van der Waals surface area contributed by atoms with E-state index < -0.39 is 0 Å². The Morgan fingerprint density at radius 1 is 1.03 bits per heavy atom. The maximum absolute atomic E-state index is 11.5. The molecule has 2 aromatic carbocycles. The summed E-state index contributed by atoms with van der Waals surface area (Å²) in [5, 5.41) is 6.64. The lowest BCUT2D eigenvalue weighted by Crippen LogP contribution is -2.41. The molecule has 0 amide bonds. The highest BCUT2D eigenvalue weighted by Crippen LogP contribution is 2.28. The molecular formula is C22H27N3O4. The topological polar surface area (TPSA) is 63.6 Å². The minimum atomic E-state index is -0.354. The number of hydrazone groups is 1. The first-order valence-corrected chi connectivity index (χ1v) is 9.54. The number of likely N-dealkylation sites (N-methyl/N-ethyl adjacent to an activating group) is 1. The fourth-order valence-electron chi connectivity index (χ4n) is 2.96. The molecule has 1 heterocycles. The van der Waals surface area contributed by atoms with Crippen molar-refractivity contribution in [2.75, 3.05) is 47.4 Å². The first-order chi connectivity index (χ1) is 14.1. The van der Waals surface area contributed by atoms with Gasteiger partial charge >= 0.3 is 5.97 Å². The predicted molar refractivity (Wildman–Crippen MR) is 112 cm³/mol. The lowest BCUT2D eigenvalue weighted by atomic mass is 10.1. The molecule has 0 bridgehead atoms. The number of methoxy groups -OCH3 is 2. The van der Waals surface area contributed by atoms with Crippen molar-refractivity contribution >= 4 is 12.2 Å². The maximum atomic E-state index is 11.5. The van der Waals surface area contributed by atoms with Crippen molar-refractivity contribution in [3.63, 3.8) is 0 Å². The van der Waals surface area contributed by atoms with Gasteiger partial charge in [0.15, 0.2) is 11.5 Å². The van der Waals surface area contributed by atoms with Crippen LogP contribution in [0.15, 0.2) is 47.6 Å². The number of carbonyl (C=O) groups excluding carboxylic acids is 1. The Hall–Kier alpha value is -3.06. The Kier molecular flexibility index (Phi) is 7.08. The number of piperazine rings is 1. The summed E-state index contributed by atoms with van der Waals surface area (Å²) in [4.78, 5) is 13.8. The van der Waals surface area contributed by atoms with Crippen LogP contribution in [0.5, 0.6) is 11.5 Å². The normalized spacial score (nSPS) is 14.8. The van der Waals surface area contributed by atoms with Crippen molar-refractivity contribution in [1.29, 1.82) is 0 Å². The monoisotopic (exact) mass is 397 g/mol. The molecule has 7 heteroatoms. The highest BCUT2D eigenvalue weighted by atomic mass is 16.5. The van der Waals surface area contributed by atoms with E-state index in [1.165, 1.54) is 7.11 Å². The van der Waals surface area contributed by atoms with Crippen LogP contribution in [0.2, 0.25) is 0 Å². The molecule has 1 aliphatic heterocycles. The summed E-state index contributed by atoms with van der Waals surface area (Å²) in [6, 6.07) is 12.9. The molecule has 0 atom stereocenters. The van der Waals surface area contributed by atoms with Gasteiger partial charge in [-0.25, -0.2) is 4.79 Å². The number of hydrogen-bond acceptors (Lipinski definition) is 7. The first-order valence-electron chi connectivity index (χ1n) is 9.54. The average molecular weight is 397 g/mol. The number of benzene rings is 2. The van der Waals surface area contributed by atoms with Crippen molar-refractivity contribution in [2.45, 2.75) is 6.61 Å². The van der Waals surface area contributed by atoms with E-state index in [0.717, 1.165) is 37.3 Å². The number of nitrogens with zero attached hydrogens (tertiary/aromatic N) is 3. The van der Waals surface area contributed by atoms with E-state index in [2.05, 4.69) is 22.1 Å². The average Bonchev–Trinajstić information content (AvgIpc) is 2.77. The van der Waals surface area contributed by atoms with Crippen molar-refractivity contribution in [2.24, 2.45) is 5.10 Å². The minimum Gasteiger partial charge on any atom is -0.493 e. The Balaban J connectivity index is 1.60. The van der Waals surface area contributed by atoms with Crippen LogP contribution in [0.3, 0.4) is 0 Å². The Morgan fingerprint density at radius 2 is 1.76 bits per heavy atom. The van der Waals surface area contributed by atoms with E-state index in [0.29, 0.717) is 23.7 Å². The lowest BCUT2D eigenvalue weighted by molar-refractivity contribution is 0.0600. The Bertz CT molecular complexity index is 844. The number of ether oxygens (including phenoxy) is 3. The second kappa shape index (κ2) is 9.93. The Morgan fingerprint density at radius 3 is 2.41 bits per heavy atom. The summed E-state index contributed by atoms with van der Waals surface area (Å²) in [5.74, 6) is 0.952. The smallest absolute Gasteiger partial charge is 0.337 e. The quantitative estimate of drug-likeness (QED) is 0.529. The van der Waals surface area contributed by atoms with E-state index >= 15 is 0 Å². The van der Waals surface area contributed by atoms with Gasteiger partial charge in [0, 0.05) is 26.2 Å². The van der Waals surface area contributed by atoms with Crippen LogP contribution < -0.4 is 9.47 Å². The fraction of sp³-hybridized carbons (Fsp3) is 0.364. The van der Waals surface area contributed by atoms with Crippen molar-refractivity contribution in [1.82, 2.24) is 9.91 Å². The van der Waals surface area contributed by atoms with E-state index in [-0.39, 0.29) is 5.97 Å². The van der Waals surface area contributed by atoms with Gasteiger partial charge in [0.05, 0.1) is 26.0 Å². The standard InChI is InChI=1S/C22H27N3O4/c1-24-10-12-25(13-11-24)23-15-18-6-9-20(21(14-18)27-2)29-16-17-4-7-19(8-5-17)22(26)28-3/h4-9,14-15H,10-13,16H2,1-3H3/b23-15-. The summed E-state index contributed by atoms with van der Waals surface area (Å²) < 4.78 is 16.1. The van der Waals surface area contributed by atoms with Crippen LogP contribution in [0.1, 0.15) is 21.5 Å². The molecule has 0 saturated carbocycles. The number of esters is 1. The summed E-state index contributed by atoms with van der Waals surface area (Å²) in [6.45, 7) is 4.27. The molecule has 0 aromatic heterocycles. The molecular weight excluding hydrogens is 370 g/mol. The fourth-order valence-corrected chi connectivity index (χ4v) is 2.96.